The van der Waals surface area contributed by atoms with Crippen LogP contribution in [0.5, 0.6) is 0 Å². The van der Waals surface area contributed by atoms with Crippen molar-refractivity contribution >= 4 is 46.4 Å². The van der Waals surface area contributed by atoms with Gasteiger partial charge < -0.3 is 14.0 Å². The fourth-order valence-electron chi connectivity index (χ4n) is 7.95. The van der Waals surface area contributed by atoms with Crippen LogP contribution in [-0.4, -0.2) is 32.6 Å². The van der Waals surface area contributed by atoms with Crippen LogP contribution in [-0.2, 0) is 26.7 Å². The summed E-state index contributed by atoms with van der Waals surface area (Å²) in [6, 6.07) is 36.7. The van der Waals surface area contributed by atoms with Gasteiger partial charge in [0.05, 0.1) is 36.2 Å². The molecule has 0 unspecified atom stereocenters. The number of aryl methyl sites for hydroxylation is 3. The molecule has 0 atom stereocenters. The zero-order chi connectivity index (χ0) is 48.2. The van der Waals surface area contributed by atoms with E-state index in [1.54, 1.807) is 30.6 Å². The van der Waals surface area contributed by atoms with Gasteiger partial charge in [-0.1, -0.05) is 143 Å². The molecule has 62 heavy (non-hydrogen) atoms. The molecule has 0 spiro atoms. The molecule has 0 bridgehead atoms. The first-order valence-corrected chi connectivity index (χ1v) is 24.1. The van der Waals surface area contributed by atoms with E-state index in [0.717, 1.165) is 38.9 Å². The number of nitrogens with zero attached hydrogens (tertiary/aromatic N) is 5. The monoisotopic (exact) mass is 1020 g/mol. The van der Waals surface area contributed by atoms with E-state index >= 15 is 0 Å². The van der Waals surface area contributed by atoms with Gasteiger partial charge in [-0.25, -0.2) is 4.98 Å². The van der Waals surface area contributed by atoms with Gasteiger partial charge in [0.25, 0.3) is 0 Å². The Morgan fingerprint density at radius 2 is 1.53 bits per heavy atom. The third-order valence-corrected chi connectivity index (χ3v) is 13.2. The number of benzene rings is 4. The molecule has 0 saturated heterocycles. The van der Waals surface area contributed by atoms with Crippen molar-refractivity contribution in [3.63, 3.8) is 0 Å². The molecule has 0 N–H and O–H groups in total. The van der Waals surface area contributed by atoms with Crippen LogP contribution in [0.3, 0.4) is 0 Å². The molecule has 0 aliphatic carbocycles. The summed E-state index contributed by atoms with van der Waals surface area (Å²) in [6.07, 6.45) is 3.54. The van der Waals surface area contributed by atoms with Crippen LogP contribution >= 0.6 is 0 Å². The molecule has 0 amide bonds. The van der Waals surface area contributed by atoms with Gasteiger partial charge in [0.1, 0.15) is 0 Å². The molecule has 0 aliphatic heterocycles. The Labute approximate surface area is 387 Å². The van der Waals surface area contributed by atoms with Crippen molar-refractivity contribution in [1.29, 1.82) is 0 Å². The minimum Gasteiger partial charge on any atom is -0.458 e. The number of fused-ring (bicyclic) bond motifs is 4. The zero-order valence-corrected chi connectivity index (χ0v) is 39.5. The Hall–Kier alpha value is -5.60. The Kier molecular flexibility index (Phi) is 10.7. The standard InChI is InChI=1S/C38H35N4O.C15H17FNSi.Ir/c1-22(2)30-19-27(26-11-8-7-9-12-26)20-31(23(3)4)32(30)21-42-36-25(6)39-18-17-33(36)41-37(42)28-13-10-14-34-35(28)29-16-15-24(5)40-38(29)43-34;1-11-6-5-7-13(15(11)16)14-9-8-12(10-17-14)18(2,3)4;/h7-12,14-20,22-23H,21H2,1-6H3;5-6,8-10H,1-4H3;/q2*-1;/i5D3;1D3;. The largest absolute Gasteiger partial charge is 0.458 e. The van der Waals surface area contributed by atoms with Crippen molar-refractivity contribution in [3.05, 3.63) is 161 Å². The van der Waals surface area contributed by atoms with Crippen LogP contribution in [0.25, 0.3) is 66.9 Å². The predicted molar refractivity (Wildman–Crippen MR) is 252 cm³/mol. The number of rotatable bonds is 8. The molecule has 6 nitrogen and oxygen atoms in total. The minimum atomic E-state index is -2.48. The predicted octanol–water partition coefficient (Wildman–Crippen LogP) is 13.3. The molecule has 9 heteroatoms. The molecule has 4 aromatic carbocycles. The summed E-state index contributed by atoms with van der Waals surface area (Å²) in [6.45, 7) is 13.4. The maximum atomic E-state index is 14.4. The number of aromatic nitrogens is 5. The van der Waals surface area contributed by atoms with Gasteiger partial charge in [-0.2, -0.15) is 0 Å². The van der Waals surface area contributed by atoms with Crippen molar-refractivity contribution in [2.45, 2.75) is 86.3 Å². The maximum Gasteiger partial charge on any atom is 0.215 e. The van der Waals surface area contributed by atoms with Gasteiger partial charge in [-0.3, -0.25) is 14.4 Å². The molecular formula is C53H52FIrN5OSi-2. The molecule has 9 aromatic rings. The molecule has 317 valence electrons. The summed E-state index contributed by atoms with van der Waals surface area (Å²) >= 11 is 0. The summed E-state index contributed by atoms with van der Waals surface area (Å²) in [5.41, 5.74) is 10.9. The van der Waals surface area contributed by atoms with Crippen LogP contribution < -0.4 is 5.19 Å². The summed E-state index contributed by atoms with van der Waals surface area (Å²) in [4.78, 5) is 18.5. The van der Waals surface area contributed by atoms with E-state index in [0.29, 0.717) is 29.7 Å². The Morgan fingerprint density at radius 1 is 0.806 bits per heavy atom. The first-order chi connectivity index (χ1) is 31.6. The van der Waals surface area contributed by atoms with Crippen molar-refractivity contribution in [3.8, 4) is 33.8 Å². The van der Waals surface area contributed by atoms with E-state index in [1.807, 2.05) is 31.2 Å². The van der Waals surface area contributed by atoms with Crippen molar-refractivity contribution in [2.75, 3.05) is 0 Å². The second-order valence-electron chi connectivity index (χ2n) is 17.1. The number of furan rings is 1. The second kappa shape index (κ2) is 18.0. The molecule has 0 aliphatic rings. The van der Waals surface area contributed by atoms with E-state index in [9.17, 15) is 4.39 Å². The van der Waals surface area contributed by atoms with Gasteiger partial charge >= 0.3 is 0 Å². The van der Waals surface area contributed by atoms with Gasteiger partial charge in [-0.05, 0) is 76.4 Å². The Balaban J connectivity index is 0.000000262. The van der Waals surface area contributed by atoms with Crippen molar-refractivity contribution in [2.24, 2.45) is 0 Å². The summed E-state index contributed by atoms with van der Waals surface area (Å²) in [5.74, 6) is 0.557. The number of imidazole rings is 1. The average Bonchev–Trinajstić information content (AvgIpc) is 3.84. The fourth-order valence-corrected chi connectivity index (χ4v) is 8.99. The number of hydrogen-bond donors (Lipinski definition) is 0. The van der Waals surface area contributed by atoms with E-state index in [2.05, 4.69) is 121 Å². The summed E-state index contributed by atoms with van der Waals surface area (Å²) < 4.78 is 68.3. The van der Waals surface area contributed by atoms with E-state index < -0.39 is 27.6 Å². The molecule has 5 aromatic heterocycles. The SMILES string of the molecule is [2H]C([2H])([2H])c1cc[c-]c(-c2ccc([Si](C)(C)C)cn2)c1F.[2H]C([2H])([2H])c1ccc2c(n1)oc1cc[c-]c(-c3nc4ccnc(C)c4n3Cc3c(C(C)C)cc(-c4ccccc4)cc3C(C)C)c12.[Ir]. The molecule has 0 fully saturated rings. The topological polar surface area (TPSA) is 69.6 Å². The first-order valence-electron chi connectivity index (χ1n) is 23.6. The van der Waals surface area contributed by atoms with Crippen LogP contribution in [0, 0.1) is 38.6 Å². The molecule has 5 heterocycles. The molecular weight excluding hydrogens is 962 g/mol. The van der Waals surface area contributed by atoms with Crippen LogP contribution in [0.2, 0.25) is 19.6 Å². The van der Waals surface area contributed by atoms with Gasteiger partial charge in [0, 0.05) is 64.2 Å². The molecule has 1 radical (unpaired) electrons. The third kappa shape index (κ3) is 8.72. The normalized spacial score (nSPS) is 13.5. The van der Waals surface area contributed by atoms with Gasteiger partial charge in [-0.15, -0.1) is 30.3 Å². The van der Waals surface area contributed by atoms with E-state index in [4.69, 9.17) is 17.6 Å². The number of pyridine rings is 3. The van der Waals surface area contributed by atoms with Crippen LogP contribution in [0.4, 0.5) is 4.39 Å². The maximum absolute atomic E-state index is 14.4. The number of halogens is 1. The molecule has 0 saturated carbocycles. The van der Waals surface area contributed by atoms with E-state index in [1.165, 1.54) is 45.1 Å². The average molecular weight is 1020 g/mol. The summed E-state index contributed by atoms with van der Waals surface area (Å²) in [7, 11) is -1.47. The van der Waals surface area contributed by atoms with Crippen molar-refractivity contribution in [1.82, 2.24) is 24.5 Å². The third-order valence-electron chi connectivity index (χ3n) is 11.2. The fraction of sp³-hybridized carbons (Fsp3) is 0.245. The Bertz CT molecular complexity index is 3240. The van der Waals surface area contributed by atoms with E-state index in [-0.39, 0.29) is 42.6 Å². The minimum absolute atomic E-state index is 0. The summed E-state index contributed by atoms with van der Waals surface area (Å²) in [5, 5.41) is 2.69. The zero-order valence-electron chi connectivity index (χ0n) is 42.1. The van der Waals surface area contributed by atoms with Gasteiger partial charge in [0.2, 0.25) is 5.71 Å². The first kappa shape index (κ1) is 37.0. The Morgan fingerprint density at radius 3 is 2.19 bits per heavy atom. The van der Waals surface area contributed by atoms with Gasteiger partial charge in [0.15, 0.2) is 0 Å². The smallest absolute Gasteiger partial charge is 0.215 e. The van der Waals surface area contributed by atoms with Crippen molar-refractivity contribution < 1.29 is 37.1 Å². The van der Waals surface area contributed by atoms with Crippen LogP contribution in [0.15, 0.2) is 114 Å². The number of hydrogen-bond acceptors (Lipinski definition) is 5. The molecule has 9 rings (SSSR count). The van der Waals surface area contributed by atoms with Crippen LogP contribution in [0.1, 0.15) is 81.4 Å². The quantitative estimate of drug-likeness (QED) is 0.112. The second-order valence-corrected chi connectivity index (χ2v) is 22.2.